The van der Waals surface area contributed by atoms with Crippen LogP contribution in [0.4, 0.5) is 5.69 Å². The maximum atomic E-state index is 13.4. The van der Waals surface area contributed by atoms with Gasteiger partial charge in [0.25, 0.3) is 5.91 Å². The molecule has 0 unspecified atom stereocenters. The number of hydrogen-bond donors (Lipinski definition) is 2. The van der Waals surface area contributed by atoms with Crippen LogP contribution in [-0.2, 0) is 20.9 Å². The molecule has 190 valence electrons. The lowest BCUT2D eigenvalue weighted by Gasteiger charge is -2.27. The molecule has 2 N–H and O–H groups in total. The van der Waals surface area contributed by atoms with E-state index >= 15 is 0 Å². The fourth-order valence-electron chi connectivity index (χ4n) is 3.98. The van der Waals surface area contributed by atoms with Gasteiger partial charge in [-0.1, -0.05) is 44.2 Å². The molecule has 1 aromatic heterocycles. The Morgan fingerprint density at radius 2 is 2.00 bits per heavy atom. The Kier molecular flexibility index (Phi) is 8.58. The normalized spacial score (nSPS) is 17.1. The van der Waals surface area contributed by atoms with Crippen molar-refractivity contribution in [2.24, 2.45) is 9.98 Å². The Hall–Kier alpha value is -3.40. The molecule has 36 heavy (non-hydrogen) atoms. The van der Waals surface area contributed by atoms with Crippen LogP contribution in [0.2, 0.25) is 0 Å². The summed E-state index contributed by atoms with van der Waals surface area (Å²) in [7, 11) is 0. The van der Waals surface area contributed by atoms with Crippen molar-refractivity contribution >= 4 is 46.2 Å². The van der Waals surface area contributed by atoms with Crippen LogP contribution in [0, 0.1) is 0 Å². The molecule has 0 aliphatic carbocycles. The topological polar surface area (TPSA) is 116 Å². The van der Waals surface area contributed by atoms with Gasteiger partial charge in [-0.3, -0.25) is 19.4 Å². The van der Waals surface area contributed by atoms with Crippen LogP contribution in [-0.4, -0.2) is 51.5 Å². The predicted molar refractivity (Wildman–Crippen MR) is 140 cm³/mol. The molecule has 10 heteroatoms. The number of amidine groups is 2. The summed E-state index contributed by atoms with van der Waals surface area (Å²) in [6, 6.07) is 10.4. The number of nitrogens with zero attached hydrogens (tertiary/aromatic N) is 3. The second-order valence-corrected chi connectivity index (χ2v) is 9.78. The lowest BCUT2D eigenvalue weighted by molar-refractivity contribution is -0.125. The zero-order valence-electron chi connectivity index (χ0n) is 20.5. The Bertz CT molecular complexity index is 1160. The lowest BCUT2D eigenvalue weighted by atomic mass is 10.1. The number of furan rings is 1. The Morgan fingerprint density at radius 1 is 1.17 bits per heavy atom. The van der Waals surface area contributed by atoms with E-state index in [1.807, 2.05) is 31.2 Å². The minimum absolute atomic E-state index is 0.0794. The summed E-state index contributed by atoms with van der Waals surface area (Å²) in [5.74, 6) is 0.723. The first-order valence-electron chi connectivity index (χ1n) is 12.3. The number of rotatable bonds is 11. The standard InChI is InChI=1S/C26H31N5O4S/c1-3-5-14-27-22(32)13-12-20-25(34)31-23(29-20)18-10-6-7-11-19(18)30-26(31)36-21(4-2)24(33)28-16-17-9-8-15-35-17/h6-11,15,20-21H,3-5,12-14,16H2,1-2H3,(H,27,32)(H,28,33)/t20-,21+/m1/s1. The highest BCUT2D eigenvalue weighted by Crippen LogP contribution is 2.35. The number of carbonyl (C=O) groups is 3. The summed E-state index contributed by atoms with van der Waals surface area (Å²) in [6.45, 7) is 4.91. The van der Waals surface area contributed by atoms with Crippen LogP contribution in [0.3, 0.4) is 0 Å². The number of aliphatic imine (C=N–C) groups is 2. The SMILES string of the molecule is CCCCNC(=O)CC[C@H]1N=C2c3ccccc3N=C(S[C@@H](CC)C(=O)NCc3ccco3)N2C1=O. The summed E-state index contributed by atoms with van der Waals surface area (Å²) in [5, 5.41) is 5.74. The monoisotopic (exact) mass is 509 g/mol. The first-order chi connectivity index (χ1) is 17.5. The highest BCUT2D eigenvalue weighted by Gasteiger charge is 2.42. The predicted octanol–water partition coefficient (Wildman–Crippen LogP) is 3.76. The number of thioether (sulfide) groups is 1. The largest absolute Gasteiger partial charge is 0.467 e. The molecule has 0 bridgehead atoms. The lowest BCUT2D eigenvalue weighted by Crippen LogP contribution is -2.43. The van der Waals surface area contributed by atoms with Crippen molar-refractivity contribution in [1.29, 1.82) is 0 Å². The third kappa shape index (κ3) is 5.87. The van der Waals surface area contributed by atoms with Crippen molar-refractivity contribution in [2.45, 2.75) is 63.8 Å². The number of unbranched alkanes of at least 4 members (excludes halogenated alkanes) is 1. The molecular formula is C26H31N5O4S. The summed E-state index contributed by atoms with van der Waals surface area (Å²) in [6.07, 6.45) is 4.57. The first-order valence-corrected chi connectivity index (χ1v) is 13.2. The van der Waals surface area contributed by atoms with Crippen molar-refractivity contribution in [2.75, 3.05) is 6.54 Å². The number of carbonyl (C=O) groups excluding carboxylic acids is 3. The molecule has 9 nitrogen and oxygen atoms in total. The zero-order chi connectivity index (χ0) is 25.5. The third-order valence-corrected chi connectivity index (χ3v) is 7.29. The van der Waals surface area contributed by atoms with Gasteiger partial charge in [0.15, 0.2) is 5.17 Å². The van der Waals surface area contributed by atoms with E-state index in [1.165, 1.54) is 16.7 Å². The van der Waals surface area contributed by atoms with Gasteiger partial charge in [0.2, 0.25) is 11.8 Å². The number of para-hydroxylation sites is 1. The fraction of sp³-hybridized carbons (Fsp3) is 0.423. The molecule has 0 saturated carbocycles. The molecule has 2 atom stereocenters. The minimum Gasteiger partial charge on any atom is -0.467 e. The highest BCUT2D eigenvalue weighted by molar-refractivity contribution is 8.15. The smallest absolute Gasteiger partial charge is 0.259 e. The van der Waals surface area contributed by atoms with Gasteiger partial charge in [0.05, 0.1) is 23.7 Å². The van der Waals surface area contributed by atoms with Gasteiger partial charge in [0, 0.05) is 18.5 Å². The molecule has 4 rings (SSSR count). The van der Waals surface area contributed by atoms with Crippen LogP contribution in [0.1, 0.15) is 57.3 Å². The Balaban J connectivity index is 1.48. The molecule has 2 aliphatic heterocycles. The van der Waals surface area contributed by atoms with Crippen LogP contribution in [0.5, 0.6) is 0 Å². The molecule has 0 spiro atoms. The van der Waals surface area contributed by atoms with Gasteiger partial charge in [0.1, 0.15) is 17.6 Å². The average molecular weight is 510 g/mol. The fourth-order valence-corrected chi connectivity index (χ4v) is 5.03. The molecule has 0 radical (unpaired) electrons. The summed E-state index contributed by atoms with van der Waals surface area (Å²) >= 11 is 1.25. The van der Waals surface area contributed by atoms with Gasteiger partial charge in [-0.15, -0.1) is 0 Å². The van der Waals surface area contributed by atoms with E-state index in [0.717, 1.165) is 18.4 Å². The molecule has 0 fully saturated rings. The van der Waals surface area contributed by atoms with Crippen molar-refractivity contribution in [3.8, 4) is 0 Å². The van der Waals surface area contributed by atoms with E-state index in [4.69, 9.17) is 14.4 Å². The maximum Gasteiger partial charge on any atom is 0.259 e. The Morgan fingerprint density at radius 3 is 2.75 bits per heavy atom. The van der Waals surface area contributed by atoms with E-state index in [0.29, 0.717) is 41.8 Å². The maximum absolute atomic E-state index is 13.4. The summed E-state index contributed by atoms with van der Waals surface area (Å²) < 4.78 is 5.29. The molecule has 2 aromatic rings. The Labute approximate surface area is 214 Å². The second-order valence-electron chi connectivity index (χ2n) is 8.61. The van der Waals surface area contributed by atoms with Gasteiger partial charge < -0.3 is 15.1 Å². The number of benzene rings is 1. The molecule has 3 heterocycles. The molecule has 2 aliphatic rings. The van der Waals surface area contributed by atoms with Crippen LogP contribution < -0.4 is 10.6 Å². The van der Waals surface area contributed by atoms with Gasteiger partial charge in [-0.2, -0.15) is 0 Å². The van der Waals surface area contributed by atoms with E-state index in [2.05, 4.69) is 17.6 Å². The summed E-state index contributed by atoms with van der Waals surface area (Å²) in [4.78, 5) is 49.5. The van der Waals surface area contributed by atoms with Gasteiger partial charge in [-0.05, 0) is 43.5 Å². The van der Waals surface area contributed by atoms with Crippen molar-refractivity contribution in [3.05, 3.63) is 54.0 Å². The number of amides is 3. The second kappa shape index (κ2) is 12.0. The van der Waals surface area contributed by atoms with Crippen molar-refractivity contribution < 1.29 is 18.8 Å². The van der Waals surface area contributed by atoms with E-state index < -0.39 is 11.3 Å². The molecule has 0 saturated heterocycles. The van der Waals surface area contributed by atoms with Crippen molar-refractivity contribution in [1.82, 2.24) is 15.5 Å². The molecule has 1 aromatic carbocycles. The van der Waals surface area contributed by atoms with E-state index in [9.17, 15) is 14.4 Å². The van der Waals surface area contributed by atoms with E-state index in [-0.39, 0.29) is 30.7 Å². The summed E-state index contributed by atoms with van der Waals surface area (Å²) in [5.41, 5.74) is 1.46. The van der Waals surface area contributed by atoms with Crippen LogP contribution in [0.15, 0.2) is 57.1 Å². The first kappa shape index (κ1) is 25.7. The number of hydrogen-bond acceptors (Lipinski definition) is 7. The zero-order valence-corrected chi connectivity index (χ0v) is 21.3. The highest BCUT2D eigenvalue weighted by atomic mass is 32.2. The van der Waals surface area contributed by atoms with E-state index in [1.54, 1.807) is 18.4 Å². The minimum atomic E-state index is -0.665. The van der Waals surface area contributed by atoms with Crippen LogP contribution >= 0.6 is 11.8 Å². The quantitative estimate of drug-likeness (QED) is 0.448. The molecule has 3 amide bonds. The van der Waals surface area contributed by atoms with Gasteiger partial charge in [-0.25, -0.2) is 9.89 Å². The number of fused-ring (bicyclic) bond motifs is 3. The molecular weight excluding hydrogens is 478 g/mol. The van der Waals surface area contributed by atoms with Crippen LogP contribution in [0.25, 0.3) is 0 Å². The average Bonchev–Trinajstić information content (AvgIpc) is 3.53. The van der Waals surface area contributed by atoms with Crippen molar-refractivity contribution in [3.63, 3.8) is 0 Å². The van der Waals surface area contributed by atoms with Gasteiger partial charge >= 0.3 is 0 Å². The third-order valence-electron chi connectivity index (χ3n) is 5.97. The number of nitrogens with one attached hydrogen (secondary N) is 2.